The van der Waals surface area contributed by atoms with E-state index in [1.54, 1.807) is 6.20 Å². The molecule has 27 heavy (non-hydrogen) atoms. The van der Waals surface area contributed by atoms with E-state index in [9.17, 15) is 9.65 Å². The minimum Gasteiger partial charge on any atom is -0.365 e. The number of nitrogens with zero attached hydrogens (tertiary/aromatic N) is 5. The molecular weight excluding hydrogens is 341 g/mol. The van der Waals surface area contributed by atoms with E-state index in [-0.39, 0.29) is 5.82 Å². The molecule has 0 N–H and O–H groups in total. The van der Waals surface area contributed by atoms with Gasteiger partial charge in [0.1, 0.15) is 17.7 Å². The van der Waals surface area contributed by atoms with Crippen LogP contribution in [0.4, 0.5) is 10.1 Å². The van der Waals surface area contributed by atoms with Crippen molar-refractivity contribution >= 4 is 27.6 Å². The Balaban J connectivity index is 1.85. The number of aromatic nitrogens is 3. The number of hydrogen-bond acceptors (Lipinski definition) is 4. The van der Waals surface area contributed by atoms with Crippen molar-refractivity contribution in [3.05, 3.63) is 65.4 Å². The number of fused-ring (bicyclic) bond motifs is 2. The first-order chi connectivity index (χ1) is 13.0. The van der Waals surface area contributed by atoms with Crippen molar-refractivity contribution < 1.29 is 4.39 Å². The molecule has 0 unspecified atom stereocenters. The molecule has 134 valence electrons. The summed E-state index contributed by atoms with van der Waals surface area (Å²) in [6.07, 6.45) is 1.55. The normalized spacial score (nSPS) is 11.1. The van der Waals surface area contributed by atoms with Gasteiger partial charge in [-0.15, -0.1) is 0 Å². The number of halogens is 1. The Morgan fingerprint density at radius 3 is 2.78 bits per heavy atom. The van der Waals surface area contributed by atoms with Gasteiger partial charge in [-0.05, 0) is 36.8 Å². The molecule has 0 atom stereocenters. The molecule has 0 amide bonds. The van der Waals surface area contributed by atoms with Gasteiger partial charge in [0.25, 0.3) is 0 Å². The van der Waals surface area contributed by atoms with Gasteiger partial charge in [-0.2, -0.15) is 5.26 Å². The number of aryl methyl sites for hydroxylation is 2. The molecule has 0 saturated carbocycles. The van der Waals surface area contributed by atoms with E-state index in [1.165, 1.54) is 12.1 Å². The van der Waals surface area contributed by atoms with E-state index in [2.05, 4.69) is 11.1 Å². The molecule has 2 aromatic heterocycles. The Kier molecular flexibility index (Phi) is 4.00. The molecular formula is C21H18FN5. The summed E-state index contributed by atoms with van der Waals surface area (Å²) in [5, 5.41) is 10.2. The first-order valence-corrected chi connectivity index (χ1v) is 8.60. The van der Waals surface area contributed by atoms with Crippen LogP contribution in [0.1, 0.15) is 17.0 Å². The lowest BCUT2D eigenvalue weighted by atomic mass is 10.1. The predicted octanol–water partition coefficient (Wildman–Crippen LogP) is 4.08. The third-order valence-corrected chi connectivity index (χ3v) is 4.86. The summed E-state index contributed by atoms with van der Waals surface area (Å²) in [5.74, 6) is 0.523. The highest BCUT2D eigenvalue weighted by Crippen LogP contribution is 2.32. The monoisotopic (exact) mass is 359 g/mol. The molecule has 4 rings (SSSR count). The van der Waals surface area contributed by atoms with Crippen LogP contribution in [0.2, 0.25) is 0 Å². The summed E-state index contributed by atoms with van der Waals surface area (Å²) >= 11 is 0. The summed E-state index contributed by atoms with van der Waals surface area (Å²) in [6.45, 7) is 2.30. The lowest BCUT2D eigenvalue weighted by Gasteiger charge is -2.22. The number of para-hydroxylation sites is 2. The summed E-state index contributed by atoms with van der Waals surface area (Å²) in [7, 11) is 3.85. The number of benzene rings is 2. The fourth-order valence-corrected chi connectivity index (χ4v) is 3.54. The lowest BCUT2D eigenvalue weighted by molar-refractivity contribution is 0.628. The summed E-state index contributed by atoms with van der Waals surface area (Å²) in [4.78, 5) is 11.0. The van der Waals surface area contributed by atoms with E-state index in [1.807, 2.05) is 54.8 Å². The van der Waals surface area contributed by atoms with Gasteiger partial charge in [-0.25, -0.2) is 9.37 Å². The third kappa shape index (κ3) is 2.77. The van der Waals surface area contributed by atoms with Crippen molar-refractivity contribution in [3.8, 4) is 6.07 Å². The zero-order valence-electron chi connectivity index (χ0n) is 15.4. The van der Waals surface area contributed by atoms with Gasteiger partial charge in [0, 0.05) is 25.7 Å². The molecule has 0 aliphatic rings. The first-order valence-electron chi connectivity index (χ1n) is 8.60. The maximum Gasteiger partial charge on any atom is 0.129 e. The second-order valence-electron chi connectivity index (χ2n) is 6.68. The topological polar surface area (TPSA) is 57.7 Å². The molecule has 0 aliphatic carbocycles. The van der Waals surface area contributed by atoms with E-state index < -0.39 is 0 Å². The van der Waals surface area contributed by atoms with Crippen LogP contribution in [-0.2, 0) is 13.6 Å². The van der Waals surface area contributed by atoms with Crippen molar-refractivity contribution in [2.45, 2.75) is 13.5 Å². The van der Waals surface area contributed by atoms with E-state index in [0.29, 0.717) is 28.7 Å². The second-order valence-corrected chi connectivity index (χ2v) is 6.68. The van der Waals surface area contributed by atoms with Crippen LogP contribution in [0.15, 0.2) is 42.6 Å². The Bertz CT molecular complexity index is 1220. The van der Waals surface area contributed by atoms with E-state index in [4.69, 9.17) is 4.98 Å². The Morgan fingerprint density at radius 1 is 1.26 bits per heavy atom. The fraction of sp³-hybridized carbons (Fsp3) is 0.190. The van der Waals surface area contributed by atoms with Gasteiger partial charge < -0.3 is 9.47 Å². The maximum absolute atomic E-state index is 14.1. The number of hydrogen-bond donors (Lipinski definition) is 0. The van der Waals surface area contributed by atoms with Crippen LogP contribution >= 0.6 is 0 Å². The third-order valence-electron chi connectivity index (χ3n) is 4.86. The van der Waals surface area contributed by atoms with Crippen molar-refractivity contribution in [2.75, 3.05) is 11.9 Å². The molecule has 0 saturated heterocycles. The van der Waals surface area contributed by atoms with Crippen molar-refractivity contribution in [1.82, 2.24) is 14.5 Å². The van der Waals surface area contributed by atoms with Gasteiger partial charge in [0.15, 0.2) is 0 Å². The Morgan fingerprint density at radius 2 is 2.04 bits per heavy atom. The highest BCUT2D eigenvalue weighted by Gasteiger charge is 2.18. The van der Waals surface area contributed by atoms with Crippen LogP contribution in [0.5, 0.6) is 0 Å². The van der Waals surface area contributed by atoms with Gasteiger partial charge in [-0.3, -0.25) is 4.98 Å². The van der Waals surface area contributed by atoms with Crippen molar-refractivity contribution in [2.24, 2.45) is 7.05 Å². The molecule has 0 radical (unpaired) electrons. The zero-order chi connectivity index (χ0) is 19.1. The van der Waals surface area contributed by atoms with Gasteiger partial charge in [0.05, 0.1) is 34.3 Å². The molecule has 5 nitrogen and oxygen atoms in total. The molecule has 2 aromatic carbocycles. The Hall–Kier alpha value is -3.46. The number of anilines is 1. The highest BCUT2D eigenvalue weighted by molar-refractivity contribution is 5.96. The zero-order valence-corrected chi connectivity index (χ0v) is 15.4. The number of pyridine rings is 1. The molecule has 6 heteroatoms. The molecule has 0 spiro atoms. The summed E-state index contributed by atoms with van der Waals surface area (Å²) in [5.41, 5.74) is 4.48. The van der Waals surface area contributed by atoms with Crippen LogP contribution < -0.4 is 4.90 Å². The number of nitriles is 1. The fourth-order valence-electron chi connectivity index (χ4n) is 3.54. The Labute approximate surface area is 156 Å². The second kappa shape index (κ2) is 6.36. The van der Waals surface area contributed by atoms with Crippen LogP contribution in [-0.4, -0.2) is 21.6 Å². The van der Waals surface area contributed by atoms with Gasteiger partial charge in [0.2, 0.25) is 0 Å². The average molecular weight is 359 g/mol. The largest absolute Gasteiger partial charge is 0.365 e. The lowest BCUT2D eigenvalue weighted by Crippen LogP contribution is -2.20. The number of imidazole rings is 1. The molecule has 4 aromatic rings. The number of rotatable bonds is 3. The minimum absolute atomic E-state index is 0.339. The summed E-state index contributed by atoms with van der Waals surface area (Å²) < 4.78 is 16.1. The van der Waals surface area contributed by atoms with Crippen molar-refractivity contribution in [3.63, 3.8) is 0 Å². The molecule has 0 fully saturated rings. The standard InChI is InChI=1S/C21H18FN5/c1-13-8-15(22)9-16-20(13)24-11-14(10-23)21(16)26(2)12-19-25-17-6-4-5-7-18(17)27(19)3/h4-9,11H,12H2,1-3H3. The smallest absolute Gasteiger partial charge is 0.129 e. The molecule has 0 bridgehead atoms. The van der Waals surface area contributed by atoms with Crippen LogP contribution in [0.3, 0.4) is 0 Å². The van der Waals surface area contributed by atoms with Crippen LogP contribution in [0.25, 0.3) is 21.9 Å². The average Bonchev–Trinajstić information content (AvgIpc) is 2.96. The quantitative estimate of drug-likeness (QED) is 0.553. The summed E-state index contributed by atoms with van der Waals surface area (Å²) in [6, 6.07) is 13.0. The minimum atomic E-state index is -0.339. The maximum atomic E-state index is 14.1. The van der Waals surface area contributed by atoms with Gasteiger partial charge in [-0.1, -0.05) is 12.1 Å². The van der Waals surface area contributed by atoms with E-state index in [0.717, 1.165) is 22.4 Å². The van der Waals surface area contributed by atoms with E-state index >= 15 is 0 Å². The first kappa shape index (κ1) is 17.0. The van der Waals surface area contributed by atoms with Crippen molar-refractivity contribution in [1.29, 1.82) is 5.26 Å². The SMILES string of the molecule is Cc1cc(F)cc2c(N(C)Cc3nc4ccccc4n3C)c(C#N)cnc12. The van der Waals surface area contributed by atoms with Gasteiger partial charge >= 0.3 is 0 Å². The molecule has 0 aliphatic heterocycles. The van der Waals surface area contributed by atoms with Crippen LogP contribution in [0, 0.1) is 24.1 Å². The molecule has 2 heterocycles. The predicted molar refractivity (Wildman–Crippen MR) is 104 cm³/mol. The highest BCUT2D eigenvalue weighted by atomic mass is 19.1.